The van der Waals surface area contributed by atoms with Crippen molar-refractivity contribution in [2.24, 2.45) is 47.3 Å². The van der Waals surface area contributed by atoms with Gasteiger partial charge in [-0.3, -0.25) is 19.3 Å². The lowest BCUT2D eigenvalue weighted by molar-refractivity contribution is -0.164. The van der Waals surface area contributed by atoms with Gasteiger partial charge < -0.3 is 30.0 Å². The fraction of sp³-hybridized carbons (Fsp3) is 0.921. The highest BCUT2D eigenvalue weighted by Gasteiger charge is 2.49. The van der Waals surface area contributed by atoms with E-state index >= 15 is 0 Å². The van der Waals surface area contributed by atoms with Gasteiger partial charge in [-0.15, -0.1) is 0 Å². The third-order valence-electron chi connectivity index (χ3n) is 8.37. The average Bonchev–Trinajstić information content (AvgIpc) is 2.89. The molecule has 1 aliphatic heterocycles. The van der Waals surface area contributed by atoms with Crippen LogP contribution in [-0.4, -0.2) is 136 Å². The molecular formula is C38H74N4O6. The molecule has 1 saturated heterocycles. The van der Waals surface area contributed by atoms with Crippen molar-refractivity contribution in [3.05, 3.63) is 0 Å². The predicted octanol–water partition coefficient (Wildman–Crippen LogP) is 3.86. The van der Waals surface area contributed by atoms with Gasteiger partial charge in [-0.2, -0.15) is 0 Å². The minimum Gasteiger partial charge on any atom is -0.392 e. The molecule has 0 bridgehead atoms. The zero-order valence-electron chi connectivity index (χ0n) is 32.7. The van der Waals surface area contributed by atoms with Crippen LogP contribution in [0.3, 0.4) is 0 Å². The number of aliphatic hydroxyl groups excluding tert-OH is 3. The molecule has 5 unspecified atom stereocenters. The molecule has 1 rings (SSSR count). The van der Waals surface area contributed by atoms with Gasteiger partial charge in [-0.05, 0) is 48.3 Å². The first kappa shape index (κ1) is 44.6. The molecule has 48 heavy (non-hydrogen) atoms. The van der Waals surface area contributed by atoms with Gasteiger partial charge in [0, 0.05) is 58.9 Å². The van der Waals surface area contributed by atoms with Gasteiger partial charge >= 0.3 is 0 Å². The molecule has 282 valence electrons. The van der Waals surface area contributed by atoms with E-state index in [0.717, 1.165) is 44.2 Å². The summed E-state index contributed by atoms with van der Waals surface area (Å²) >= 11 is 0. The molecule has 0 aliphatic carbocycles. The van der Waals surface area contributed by atoms with E-state index in [9.17, 15) is 29.7 Å². The van der Waals surface area contributed by atoms with Gasteiger partial charge in [0.05, 0.1) is 24.9 Å². The topological polar surface area (TPSA) is 125 Å². The van der Waals surface area contributed by atoms with Crippen molar-refractivity contribution >= 4 is 17.6 Å². The van der Waals surface area contributed by atoms with Crippen LogP contribution in [0.15, 0.2) is 0 Å². The van der Waals surface area contributed by atoms with Crippen molar-refractivity contribution in [3.8, 4) is 0 Å². The summed E-state index contributed by atoms with van der Waals surface area (Å²) in [6, 6.07) is 0. The molecule has 1 aliphatic rings. The smallest absolute Gasteiger partial charge is 0.239 e. The number of piperidine rings is 1. The molecule has 10 heteroatoms. The standard InChI is InChI=1S/C38H74N4O6/c1-25(2)15-39(16-26(3)4)21-31(43)13-34-36(46)35(14-32(44)22-40(17-27(5)6)18-28(7)8)38(48)42(37(34)47)24-33(45)23-41(19-29(9)10)20-30(11)12/h25-35,43-45H,13-24H2,1-12H3. The fourth-order valence-corrected chi connectivity index (χ4v) is 7.21. The largest absolute Gasteiger partial charge is 0.392 e. The number of carbonyl (C=O) groups is 3. The third-order valence-corrected chi connectivity index (χ3v) is 8.37. The van der Waals surface area contributed by atoms with Crippen LogP contribution in [-0.2, 0) is 14.4 Å². The van der Waals surface area contributed by atoms with Crippen molar-refractivity contribution in [1.82, 2.24) is 19.6 Å². The lowest BCUT2D eigenvalue weighted by Crippen LogP contribution is -2.59. The van der Waals surface area contributed by atoms with E-state index in [1.165, 1.54) is 0 Å². The Morgan fingerprint density at radius 1 is 0.458 bits per heavy atom. The molecular weight excluding hydrogens is 608 g/mol. The van der Waals surface area contributed by atoms with E-state index in [1.807, 2.05) is 0 Å². The summed E-state index contributed by atoms with van der Waals surface area (Å²) < 4.78 is 0. The van der Waals surface area contributed by atoms with Crippen LogP contribution in [0, 0.1) is 47.3 Å². The van der Waals surface area contributed by atoms with Gasteiger partial charge in [-0.1, -0.05) is 83.1 Å². The summed E-state index contributed by atoms with van der Waals surface area (Å²) in [6.07, 6.45) is -3.11. The SMILES string of the molecule is CC(C)CN(CC(C)C)CC(O)CC1C(=O)C(CC(O)CN(CC(C)C)CC(C)C)C(=O)N(CC(O)CN(CC(C)C)CC(C)C)C1=O. The molecule has 1 fully saturated rings. The third kappa shape index (κ3) is 17.0. The zero-order valence-corrected chi connectivity index (χ0v) is 32.7. The van der Waals surface area contributed by atoms with Crippen LogP contribution in [0.4, 0.5) is 0 Å². The summed E-state index contributed by atoms with van der Waals surface area (Å²) in [4.78, 5) is 49.3. The summed E-state index contributed by atoms with van der Waals surface area (Å²) in [5, 5.41) is 33.7. The van der Waals surface area contributed by atoms with Gasteiger partial charge in [0.15, 0.2) is 5.78 Å². The molecule has 0 aromatic rings. The Labute approximate surface area is 293 Å². The van der Waals surface area contributed by atoms with Gasteiger partial charge in [-0.25, -0.2) is 0 Å². The second-order valence-electron chi connectivity index (χ2n) is 17.2. The lowest BCUT2D eigenvalue weighted by Gasteiger charge is -2.38. The quantitative estimate of drug-likeness (QED) is 0.103. The first-order chi connectivity index (χ1) is 22.2. The fourth-order valence-electron chi connectivity index (χ4n) is 7.21. The first-order valence-electron chi connectivity index (χ1n) is 18.8. The van der Waals surface area contributed by atoms with E-state index in [-0.39, 0.29) is 19.4 Å². The Bertz CT molecular complexity index is 789. The molecule has 10 nitrogen and oxygen atoms in total. The summed E-state index contributed by atoms with van der Waals surface area (Å²) in [5.74, 6) is -2.01. The second-order valence-corrected chi connectivity index (χ2v) is 17.2. The number of aliphatic hydroxyl groups is 3. The summed E-state index contributed by atoms with van der Waals surface area (Å²) in [7, 11) is 0. The highest BCUT2D eigenvalue weighted by Crippen LogP contribution is 2.29. The maximum absolute atomic E-state index is 14.0. The number of imide groups is 1. The highest BCUT2D eigenvalue weighted by atomic mass is 16.3. The number of nitrogens with zero attached hydrogens (tertiary/aromatic N) is 4. The average molecular weight is 683 g/mol. The molecule has 0 radical (unpaired) electrons. The van der Waals surface area contributed by atoms with E-state index < -0.39 is 47.7 Å². The van der Waals surface area contributed by atoms with Crippen LogP contribution >= 0.6 is 0 Å². The van der Waals surface area contributed by atoms with Crippen LogP contribution in [0.1, 0.15) is 95.9 Å². The maximum atomic E-state index is 14.0. The second kappa shape index (κ2) is 21.7. The molecule has 3 N–H and O–H groups in total. The first-order valence-corrected chi connectivity index (χ1v) is 18.8. The maximum Gasteiger partial charge on any atom is 0.239 e. The van der Waals surface area contributed by atoms with Crippen molar-refractivity contribution in [2.75, 3.05) is 65.4 Å². The Morgan fingerprint density at radius 2 is 0.708 bits per heavy atom. The van der Waals surface area contributed by atoms with Crippen molar-refractivity contribution in [1.29, 1.82) is 0 Å². The number of amides is 2. The Hall–Kier alpha value is -1.43. The van der Waals surface area contributed by atoms with Crippen LogP contribution in [0.2, 0.25) is 0 Å². The molecule has 0 aromatic carbocycles. The Morgan fingerprint density at radius 3 is 0.958 bits per heavy atom. The molecule has 5 atom stereocenters. The number of β-amino-alcohol motifs (C(OH)–C–C–N with tert-alkyl or cyclic N) is 1. The Kier molecular flexibility index (Phi) is 20.2. The van der Waals surface area contributed by atoms with Crippen LogP contribution < -0.4 is 0 Å². The molecule has 0 aromatic heterocycles. The van der Waals surface area contributed by atoms with E-state index in [1.54, 1.807) is 0 Å². The predicted molar refractivity (Wildman–Crippen MR) is 194 cm³/mol. The van der Waals surface area contributed by atoms with Crippen LogP contribution in [0.5, 0.6) is 0 Å². The number of likely N-dealkylation sites (tertiary alicyclic amines) is 1. The number of carbonyl (C=O) groups excluding carboxylic acids is 3. The summed E-state index contributed by atoms with van der Waals surface area (Å²) in [5.41, 5.74) is 0. The number of hydrogen-bond donors (Lipinski definition) is 3. The van der Waals surface area contributed by atoms with Crippen molar-refractivity contribution in [3.63, 3.8) is 0 Å². The molecule has 0 saturated carbocycles. The van der Waals surface area contributed by atoms with E-state index in [2.05, 4.69) is 97.8 Å². The summed E-state index contributed by atoms with van der Waals surface area (Å²) in [6.45, 7) is 30.7. The van der Waals surface area contributed by atoms with Gasteiger partial charge in [0.1, 0.15) is 11.8 Å². The Balaban J connectivity index is 3.32. The number of ketones is 1. The minimum absolute atomic E-state index is 0.101. The highest BCUT2D eigenvalue weighted by molar-refractivity contribution is 6.20. The number of hydrogen-bond acceptors (Lipinski definition) is 9. The van der Waals surface area contributed by atoms with E-state index in [4.69, 9.17) is 0 Å². The lowest BCUT2D eigenvalue weighted by atomic mass is 9.80. The van der Waals surface area contributed by atoms with Crippen LogP contribution in [0.25, 0.3) is 0 Å². The normalized spacial score (nSPS) is 20.0. The molecule has 1 heterocycles. The zero-order chi connectivity index (χ0) is 36.9. The van der Waals surface area contributed by atoms with Gasteiger partial charge in [0.2, 0.25) is 11.8 Å². The number of rotatable bonds is 24. The number of Topliss-reactive ketones (excluding diaryl/α,β-unsaturated/α-hetero) is 1. The monoisotopic (exact) mass is 683 g/mol. The molecule has 0 spiro atoms. The molecule has 2 amide bonds. The van der Waals surface area contributed by atoms with Gasteiger partial charge in [0.25, 0.3) is 0 Å². The van der Waals surface area contributed by atoms with Crippen molar-refractivity contribution in [2.45, 2.75) is 114 Å². The van der Waals surface area contributed by atoms with E-state index in [0.29, 0.717) is 55.1 Å². The van der Waals surface area contributed by atoms with Crippen molar-refractivity contribution < 1.29 is 29.7 Å². The minimum atomic E-state index is -1.22.